The van der Waals surface area contributed by atoms with Crippen molar-refractivity contribution in [3.8, 4) is 0 Å². The van der Waals surface area contributed by atoms with E-state index in [9.17, 15) is 4.39 Å². The normalized spacial score (nSPS) is 42.2. The van der Waals surface area contributed by atoms with Gasteiger partial charge >= 0.3 is 0 Å². The summed E-state index contributed by atoms with van der Waals surface area (Å²) < 4.78 is 19.3. The number of nitrogens with two attached hydrogens (primary N) is 1. The van der Waals surface area contributed by atoms with Crippen LogP contribution in [0.15, 0.2) is 15.0 Å². The summed E-state index contributed by atoms with van der Waals surface area (Å²) in [5.74, 6) is 0.362. The second-order valence-corrected chi connectivity index (χ2v) is 4.47. The SMILES string of the molecule is NC1=NC=NC2C1N=CN2[C@@H]1O[C@H](CO)C[C@H]1F. The summed E-state index contributed by atoms with van der Waals surface area (Å²) in [7, 11) is 0. The second-order valence-electron chi connectivity index (χ2n) is 4.47. The number of halogens is 1. The predicted octanol–water partition coefficient (Wildman–Crippen LogP) is -1.13. The van der Waals surface area contributed by atoms with Gasteiger partial charge in [0, 0.05) is 6.42 Å². The molecule has 3 aliphatic rings. The van der Waals surface area contributed by atoms with Gasteiger partial charge in [0.15, 0.2) is 12.4 Å². The van der Waals surface area contributed by atoms with Crippen molar-refractivity contribution in [2.75, 3.05) is 6.61 Å². The molecule has 5 atom stereocenters. The van der Waals surface area contributed by atoms with E-state index >= 15 is 0 Å². The first kappa shape index (κ1) is 11.5. The Balaban J connectivity index is 1.77. The van der Waals surface area contributed by atoms with Crippen molar-refractivity contribution in [3.05, 3.63) is 0 Å². The molecule has 1 saturated heterocycles. The topological polar surface area (TPSA) is 95.8 Å². The number of fused-ring (bicyclic) bond motifs is 1. The molecule has 0 aromatic carbocycles. The van der Waals surface area contributed by atoms with Gasteiger partial charge in [-0.25, -0.2) is 14.4 Å². The van der Waals surface area contributed by atoms with Gasteiger partial charge in [-0.15, -0.1) is 0 Å². The minimum atomic E-state index is -1.18. The predicted molar refractivity (Wildman–Crippen MR) is 63.3 cm³/mol. The summed E-state index contributed by atoms with van der Waals surface area (Å²) >= 11 is 0. The highest BCUT2D eigenvalue weighted by Crippen LogP contribution is 2.30. The molecule has 0 aliphatic carbocycles. The van der Waals surface area contributed by atoms with E-state index in [0.29, 0.717) is 5.84 Å². The maximum Gasteiger partial charge on any atom is 0.164 e. The molecule has 0 saturated carbocycles. The zero-order valence-electron chi connectivity index (χ0n) is 9.56. The summed E-state index contributed by atoms with van der Waals surface area (Å²) in [6, 6.07) is -0.376. The van der Waals surface area contributed by atoms with E-state index in [1.807, 2.05) is 0 Å². The van der Waals surface area contributed by atoms with Crippen molar-refractivity contribution in [3.63, 3.8) is 0 Å². The number of hydrogen-bond donors (Lipinski definition) is 2. The first-order valence-electron chi connectivity index (χ1n) is 5.76. The summed E-state index contributed by atoms with van der Waals surface area (Å²) in [4.78, 5) is 13.8. The molecule has 8 heteroatoms. The number of aliphatic hydroxyl groups is 1. The zero-order valence-corrected chi connectivity index (χ0v) is 9.56. The van der Waals surface area contributed by atoms with Crippen LogP contribution in [0.4, 0.5) is 4.39 Å². The number of ether oxygens (including phenoxy) is 1. The summed E-state index contributed by atoms with van der Waals surface area (Å²) in [6.07, 6.45) is 0.197. The van der Waals surface area contributed by atoms with E-state index in [1.54, 1.807) is 4.90 Å². The lowest BCUT2D eigenvalue weighted by atomic mass is 10.1. The lowest BCUT2D eigenvalue weighted by Crippen LogP contribution is -2.49. The Bertz CT molecular complexity index is 426. The van der Waals surface area contributed by atoms with Gasteiger partial charge in [-0.2, -0.15) is 0 Å². The number of alkyl halides is 1. The van der Waals surface area contributed by atoms with Crippen LogP contribution < -0.4 is 5.73 Å². The monoisotopic (exact) mass is 255 g/mol. The van der Waals surface area contributed by atoms with Crippen LogP contribution in [0.2, 0.25) is 0 Å². The van der Waals surface area contributed by atoms with Crippen LogP contribution in [0.3, 0.4) is 0 Å². The average Bonchev–Trinajstić information content (AvgIpc) is 2.93. The number of aliphatic imine (C=N–C) groups is 3. The van der Waals surface area contributed by atoms with E-state index in [4.69, 9.17) is 15.6 Å². The maximum atomic E-state index is 13.9. The molecule has 3 heterocycles. The van der Waals surface area contributed by atoms with E-state index in [1.165, 1.54) is 12.7 Å². The minimum Gasteiger partial charge on any atom is -0.394 e. The van der Waals surface area contributed by atoms with E-state index in [0.717, 1.165) is 0 Å². The van der Waals surface area contributed by atoms with Gasteiger partial charge in [-0.05, 0) is 0 Å². The van der Waals surface area contributed by atoms with Crippen LogP contribution >= 0.6 is 0 Å². The Morgan fingerprint density at radius 1 is 1.56 bits per heavy atom. The molecule has 7 nitrogen and oxygen atoms in total. The molecule has 0 amide bonds. The van der Waals surface area contributed by atoms with Gasteiger partial charge in [0.05, 0.1) is 19.0 Å². The van der Waals surface area contributed by atoms with Crippen molar-refractivity contribution >= 4 is 18.5 Å². The average molecular weight is 255 g/mol. The summed E-state index contributed by atoms with van der Waals surface area (Å²) in [5.41, 5.74) is 5.71. The Morgan fingerprint density at radius 3 is 3.11 bits per heavy atom. The van der Waals surface area contributed by atoms with E-state index in [2.05, 4.69) is 15.0 Å². The van der Waals surface area contributed by atoms with E-state index in [-0.39, 0.29) is 19.1 Å². The standard InChI is InChI=1S/C10H14FN5O2/c11-6-1-5(2-17)18-10(6)16-4-15-7-8(12)13-3-14-9(7)16/h3-7,9-10,17H,1-2H2,(H2,12,13,14)/t5-,6+,7?,9?,10+/m0/s1. The van der Waals surface area contributed by atoms with Crippen molar-refractivity contribution in [2.45, 2.75) is 37.1 Å². The largest absolute Gasteiger partial charge is 0.394 e. The summed E-state index contributed by atoms with van der Waals surface area (Å²) in [5, 5.41) is 9.01. The third-order valence-corrected chi connectivity index (χ3v) is 3.30. The molecule has 98 valence electrons. The highest BCUT2D eigenvalue weighted by atomic mass is 19.1. The second kappa shape index (κ2) is 4.29. The highest BCUT2D eigenvalue weighted by molar-refractivity contribution is 5.96. The fraction of sp³-hybridized carbons (Fsp3) is 0.700. The molecular weight excluding hydrogens is 241 g/mol. The minimum absolute atomic E-state index is 0.177. The molecule has 2 unspecified atom stereocenters. The molecule has 3 N–H and O–H groups in total. The van der Waals surface area contributed by atoms with Gasteiger partial charge in [0.2, 0.25) is 0 Å². The highest BCUT2D eigenvalue weighted by Gasteiger charge is 2.45. The third-order valence-electron chi connectivity index (χ3n) is 3.30. The first-order valence-corrected chi connectivity index (χ1v) is 5.76. The van der Waals surface area contributed by atoms with Crippen molar-refractivity contribution in [1.29, 1.82) is 0 Å². The number of hydrogen-bond acceptors (Lipinski definition) is 7. The smallest absolute Gasteiger partial charge is 0.164 e. The molecule has 0 radical (unpaired) electrons. The molecule has 3 aliphatic heterocycles. The lowest BCUT2D eigenvalue weighted by molar-refractivity contribution is -0.0642. The van der Waals surface area contributed by atoms with Crippen molar-refractivity contribution < 1.29 is 14.2 Å². The quantitative estimate of drug-likeness (QED) is 0.652. The lowest BCUT2D eigenvalue weighted by Gasteiger charge is -2.31. The molecule has 0 aromatic heterocycles. The van der Waals surface area contributed by atoms with Gasteiger partial charge in [0.25, 0.3) is 0 Å². The summed E-state index contributed by atoms with van der Waals surface area (Å²) in [6.45, 7) is -0.192. The van der Waals surface area contributed by atoms with Crippen LogP contribution in [0.25, 0.3) is 0 Å². The van der Waals surface area contributed by atoms with Crippen LogP contribution in [-0.4, -0.2) is 65.8 Å². The van der Waals surface area contributed by atoms with Crippen LogP contribution in [0.5, 0.6) is 0 Å². The van der Waals surface area contributed by atoms with Gasteiger partial charge in [-0.1, -0.05) is 0 Å². The molecule has 1 fully saturated rings. The van der Waals surface area contributed by atoms with Crippen molar-refractivity contribution in [1.82, 2.24) is 4.90 Å². The first-order chi connectivity index (χ1) is 8.70. The zero-order chi connectivity index (χ0) is 12.7. The third kappa shape index (κ3) is 1.68. The number of nitrogens with zero attached hydrogens (tertiary/aromatic N) is 4. The Labute approximate surface area is 103 Å². The van der Waals surface area contributed by atoms with Gasteiger partial charge in [-0.3, -0.25) is 4.99 Å². The Kier molecular flexibility index (Phi) is 2.75. The molecule has 0 aromatic rings. The fourth-order valence-electron chi connectivity index (χ4n) is 2.39. The van der Waals surface area contributed by atoms with E-state index < -0.39 is 24.7 Å². The number of rotatable bonds is 2. The van der Waals surface area contributed by atoms with Crippen LogP contribution in [0.1, 0.15) is 6.42 Å². The van der Waals surface area contributed by atoms with Gasteiger partial charge < -0.3 is 20.5 Å². The van der Waals surface area contributed by atoms with Crippen LogP contribution in [-0.2, 0) is 4.74 Å². The molecule has 18 heavy (non-hydrogen) atoms. The molecular formula is C10H14FN5O2. The number of amidine groups is 1. The maximum absolute atomic E-state index is 13.9. The Hall–Kier alpha value is -1.54. The molecule has 3 rings (SSSR count). The number of aliphatic hydroxyl groups excluding tert-OH is 1. The molecule has 0 spiro atoms. The Morgan fingerprint density at radius 2 is 2.39 bits per heavy atom. The fourth-order valence-corrected chi connectivity index (χ4v) is 2.39. The van der Waals surface area contributed by atoms with Crippen LogP contribution in [0, 0.1) is 0 Å². The van der Waals surface area contributed by atoms with Gasteiger partial charge in [0.1, 0.15) is 24.4 Å². The molecule has 0 bridgehead atoms. The van der Waals surface area contributed by atoms with Crippen molar-refractivity contribution in [2.24, 2.45) is 20.7 Å².